The summed E-state index contributed by atoms with van der Waals surface area (Å²) in [7, 11) is 0. The van der Waals surface area contributed by atoms with Crippen molar-refractivity contribution in [3.05, 3.63) is 83.4 Å². The molecule has 1 aromatic heterocycles. The van der Waals surface area contributed by atoms with Crippen LogP contribution in [0, 0.1) is 0 Å². The molecular formula is C30H32N2O2S. The second kappa shape index (κ2) is 10.1. The maximum Gasteiger partial charge on any atom is 0.119 e. The lowest BCUT2D eigenvalue weighted by Crippen LogP contribution is -2.25. The Bertz CT molecular complexity index is 1320. The molecule has 0 saturated carbocycles. The molecule has 3 heterocycles. The Hall–Kier alpha value is -2.73. The van der Waals surface area contributed by atoms with Gasteiger partial charge in [0, 0.05) is 40.2 Å². The average molecular weight is 485 g/mol. The van der Waals surface area contributed by atoms with Crippen LogP contribution in [0.4, 0.5) is 0 Å². The van der Waals surface area contributed by atoms with Crippen LogP contribution in [0.5, 0.6) is 5.75 Å². The number of fused-ring (bicyclic) bond motifs is 5. The summed E-state index contributed by atoms with van der Waals surface area (Å²) in [5.41, 5.74) is 7.50. The van der Waals surface area contributed by atoms with Crippen molar-refractivity contribution in [3.63, 3.8) is 0 Å². The molecule has 6 rings (SSSR count). The Kier molecular flexibility index (Phi) is 6.55. The van der Waals surface area contributed by atoms with Gasteiger partial charge >= 0.3 is 0 Å². The van der Waals surface area contributed by atoms with E-state index in [-0.39, 0.29) is 6.61 Å². The van der Waals surface area contributed by atoms with Crippen LogP contribution in [0.1, 0.15) is 29.5 Å². The van der Waals surface area contributed by atoms with Crippen molar-refractivity contribution in [2.75, 3.05) is 32.0 Å². The van der Waals surface area contributed by atoms with Crippen LogP contribution in [0.2, 0.25) is 0 Å². The highest BCUT2D eigenvalue weighted by molar-refractivity contribution is 7.99. The number of likely N-dealkylation sites (tertiary alicyclic amines) is 1. The summed E-state index contributed by atoms with van der Waals surface area (Å²) in [4.78, 5) is 3.83. The van der Waals surface area contributed by atoms with E-state index in [4.69, 9.17) is 4.74 Å². The highest BCUT2D eigenvalue weighted by Gasteiger charge is 2.23. The van der Waals surface area contributed by atoms with E-state index < -0.39 is 0 Å². The van der Waals surface area contributed by atoms with Gasteiger partial charge in [-0.25, -0.2) is 0 Å². The smallest absolute Gasteiger partial charge is 0.119 e. The molecule has 0 unspecified atom stereocenters. The molecule has 0 aliphatic carbocycles. The number of hydrogen-bond donors (Lipinski definition) is 1. The standard InChI is InChI=1S/C30H32N2O2S/c33-21-23-9-12-28-27(19-23)25-13-18-35-29-6-2-1-5-26(29)30(25)32(28)20-22-7-10-24(11-8-22)34-17-16-31-14-3-4-15-31/h1-2,5-12,19,33H,3-4,13-18,20-21H2. The highest BCUT2D eigenvalue weighted by Crippen LogP contribution is 2.42. The van der Waals surface area contributed by atoms with Gasteiger partial charge in [0.25, 0.3) is 0 Å². The van der Waals surface area contributed by atoms with Gasteiger partial charge in [0.2, 0.25) is 0 Å². The summed E-state index contributed by atoms with van der Waals surface area (Å²) in [6.07, 6.45) is 3.66. The van der Waals surface area contributed by atoms with E-state index in [1.807, 2.05) is 11.8 Å². The second-order valence-electron chi connectivity index (χ2n) is 9.56. The van der Waals surface area contributed by atoms with E-state index in [9.17, 15) is 5.11 Å². The lowest BCUT2D eigenvalue weighted by molar-refractivity contribution is 0.238. The summed E-state index contributed by atoms with van der Waals surface area (Å²) in [6, 6.07) is 23.8. The molecule has 1 saturated heterocycles. The van der Waals surface area contributed by atoms with Crippen molar-refractivity contribution in [2.45, 2.75) is 37.3 Å². The average Bonchev–Trinajstić information content (AvgIpc) is 3.46. The number of thioether (sulfide) groups is 1. The summed E-state index contributed by atoms with van der Waals surface area (Å²) in [5, 5.41) is 11.0. The molecule has 2 aliphatic heterocycles. The molecule has 0 atom stereocenters. The van der Waals surface area contributed by atoms with Crippen molar-refractivity contribution in [1.29, 1.82) is 0 Å². The molecule has 35 heavy (non-hydrogen) atoms. The third-order valence-corrected chi connectivity index (χ3v) is 8.38. The van der Waals surface area contributed by atoms with Gasteiger partial charge < -0.3 is 14.4 Å². The molecule has 3 aromatic carbocycles. The number of aryl methyl sites for hydroxylation is 1. The molecule has 1 fully saturated rings. The molecule has 0 spiro atoms. The zero-order valence-electron chi connectivity index (χ0n) is 20.1. The Morgan fingerprint density at radius 3 is 2.54 bits per heavy atom. The minimum absolute atomic E-state index is 0.0699. The fourth-order valence-corrected chi connectivity index (χ4v) is 6.54. The van der Waals surface area contributed by atoms with Crippen LogP contribution in [0.3, 0.4) is 0 Å². The molecule has 180 valence electrons. The van der Waals surface area contributed by atoms with E-state index >= 15 is 0 Å². The van der Waals surface area contributed by atoms with Gasteiger partial charge in [0.05, 0.1) is 12.3 Å². The van der Waals surface area contributed by atoms with Crippen molar-refractivity contribution >= 4 is 22.7 Å². The topological polar surface area (TPSA) is 37.6 Å². The van der Waals surface area contributed by atoms with Crippen LogP contribution in [0.15, 0.2) is 71.6 Å². The first kappa shape index (κ1) is 22.7. The maximum absolute atomic E-state index is 9.78. The van der Waals surface area contributed by atoms with E-state index in [1.165, 1.54) is 64.1 Å². The summed E-state index contributed by atoms with van der Waals surface area (Å²) in [6.45, 7) is 5.04. The van der Waals surface area contributed by atoms with E-state index in [0.29, 0.717) is 0 Å². The maximum atomic E-state index is 9.78. The lowest BCUT2D eigenvalue weighted by Gasteiger charge is -2.16. The predicted molar refractivity (Wildman–Crippen MR) is 144 cm³/mol. The number of nitrogens with zero attached hydrogens (tertiary/aromatic N) is 2. The molecule has 4 nitrogen and oxygen atoms in total. The Morgan fingerprint density at radius 2 is 1.71 bits per heavy atom. The van der Waals surface area contributed by atoms with Crippen LogP contribution in [-0.2, 0) is 19.6 Å². The highest BCUT2D eigenvalue weighted by atomic mass is 32.2. The van der Waals surface area contributed by atoms with E-state index in [1.54, 1.807) is 0 Å². The molecule has 0 amide bonds. The van der Waals surface area contributed by atoms with Gasteiger partial charge in [-0.2, -0.15) is 0 Å². The molecule has 4 aromatic rings. The third-order valence-electron chi connectivity index (χ3n) is 7.31. The molecule has 2 aliphatic rings. The first-order valence-electron chi connectivity index (χ1n) is 12.7. The van der Waals surface area contributed by atoms with Crippen molar-refractivity contribution in [3.8, 4) is 17.0 Å². The van der Waals surface area contributed by atoms with Crippen LogP contribution < -0.4 is 4.74 Å². The Morgan fingerprint density at radius 1 is 0.914 bits per heavy atom. The molecule has 1 N–H and O–H groups in total. The normalized spacial score (nSPS) is 15.7. The fraction of sp³-hybridized carbons (Fsp3) is 0.333. The zero-order valence-corrected chi connectivity index (χ0v) is 20.9. The van der Waals surface area contributed by atoms with Gasteiger partial charge in [0.1, 0.15) is 12.4 Å². The van der Waals surface area contributed by atoms with E-state index in [0.717, 1.165) is 43.2 Å². The second-order valence-corrected chi connectivity index (χ2v) is 10.7. The lowest BCUT2D eigenvalue weighted by atomic mass is 10.0. The minimum Gasteiger partial charge on any atom is -0.492 e. The van der Waals surface area contributed by atoms with Gasteiger partial charge in [-0.15, -0.1) is 11.8 Å². The number of aliphatic hydroxyl groups excluding tert-OH is 1. The Balaban J connectivity index is 1.32. The number of ether oxygens (including phenoxy) is 1. The van der Waals surface area contributed by atoms with Crippen molar-refractivity contribution in [1.82, 2.24) is 9.47 Å². The van der Waals surface area contributed by atoms with Crippen LogP contribution in [0.25, 0.3) is 22.2 Å². The zero-order chi connectivity index (χ0) is 23.6. The molecule has 0 bridgehead atoms. The molecule has 0 radical (unpaired) electrons. The summed E-state index contributed by atoms with van der Waals surface area (Å²) < 4.78 is 8.50. The number of aromatic nitrogens is 1. The SMILES string of the molecule is OCc1ccc2c(c1)c1c(n2Cc2ccc(OCCN3CCCC3)cc2)-c2ccccc2SCC1. The van der Waals surface area contributed by atoms with Gasteiger partial charge in [-0.3, -0.25) is 4.90 Å². The Labute approximate surface area is 211 Å². The largest absolute Gasteiger partial charge is 0.492 e. The predicted octanol–water partition coefficient (Wildman–Crippen LogP) is 5.97. The number of rotatable bonds is 7. The van der Waals surface area contributed by atoms with Crippen molar-refractivity contribution in [2.24, 2.45) is 0 Å². The number of benzene rings is 3. The molecular weight excluding hydrogens is 452 g/mol. The van der Waals surface area contributed by atoms with Gasteiger partial charge in [-0.1, -0.05) is 36.4 Å². The summed E-state index contributed by atoms with van der Waals surface area (Å²) in [5.74, 6) is 2.01. The monoisotopic (exact) mass is 484 g/mol. The van der Waals surface area contributed by atoms with Crippen LogP contribution >= 0.6 is 11.8 Å². The first-order valence-corrected chi connectivity index (χ1v) is 13.7. The van der Waals surface area contributed by atoms with Crippen LogP contribution in [-0.4, -0.2) is 46.6 Å². The minimum atomic E-state index is 0.0699. The fourth-order valence-electron chi connectivity index (χ4n) is 5.52. The van der Waals surface area contributed by atoms with E-state index in [2.05, 4.69) is 76.2 Å². The quantitative estimate of drug-likeness (QED) is 0.351. The summed E-state index contributed by atoms with van der Waals surface area (Å²) >= 11 is 1.94. The first-order chi connectivity index (χ1) is 17.3. The van der Waals surface area contributed by atoms with Gasteiger partial charge in [-0.05, 0) is 79.4 Å². The number of hydrogen-bond acceptors (Lipinski definition) is 4. The molecule has 5 heteroatoms. The van der Waals surface area contributed by atoms with Gasteiger partial charge in [0.15, 0.2) is 0 Å². The number of aliphatic hydroxyl groups is 1. The third kappa shape index (κ3) is 4.61. The van der Waals surface area contributed by atoms with Crippen molar-refractivity contribution < 1.29 is 9.84 Å².